The number of hydrogen-bond donors (Lipinski definition) is 1. The van der Waals surface area contributed by atoms with Crippen molar-refractivity contribution >= 4 is 6.21 Å². The van der Waals surface area contributed by atoms with Crippen LogP contribution in [-0.4, -0.2) is 12.8 Å². The van der Waals surface area contributed by atoms with Gasteiger partial charge in [-0.15, -0.1) is 0 Å². The number of rotatable bonds is 7. The number of nitrogens with two attached hydrogens (primary N) is 1. The molecule has 3 nitrogen and oxygen atoms in total. The second-order valence-electron chi connectivity index (χ2n) is 4.00. The van der Waals surface area contributed by atoms with Gasteiger partial charge in [0.1, 0.15) is 0 Å². The van der Waals surface area contributed by atoms with Crippen molar-refractivity contribution in [2.75, 3.05) is 6.61 Å². The van der Waals surface area contributed by atoms with Crippen LogP contribution in [0.5, 0.6) is 5.75 Å². The molecule has 0 unspecified atom stereocenters. The third kappa shape index (κ3) is 4.31. The Morgan fingerprint density at radius 1 is 1.22 bits per heavy atom. The van der Waals surface area contributed by atoms with Crippen LogP contribution in [0.3, 0.4) is 0 Å². The Morgan fingerprint density at radius 2 is 1.89 bits per heavy atom. The summed E-state index contributed by atoms with van der Waals surface area (Å²) in [5, 5.41) is 3.21. The van der Waals surface area contributed by atoms with E-state index >= 15 is 0 Å². The molecule has 0 aliphatic heterocycles. The molecule has 0 aromatic heterocycles. The van der Waals surface area contributed by atoms with E-state index in [2.05, 4.69) is 12.0 Å². The van der Waals surface area contributed by atoms with Crippen LogP contribution in [0.1, 0.15) is 38.2 Å². The summed E-state index contributed by atoms with van der Waals surface area (Å²) in [5.41, 5.74) is 0.269. The maximum Gasteiger partial charge on any atom is 0.190 e. The van der Waals surface area contributed by atoms with Crippen molar-refractivity contribution in [2.24, 2.45) is 10.9 Å². The van der Waals surface area contributed by atoms with Crippen LogP contribution in [0.4, 0.5) is 8.78 Å². The Balaban J connectivity index is 2.60. The minimum atomic E-state index is -0.736. The van der Waals surface area contributed by atoms with Crippen LogP contribution >= 0.6 is 0 Å². The topological polar surface area (TPSA) is 47.6 Å². The molecular formula is C13H18F2N2O. The molecule has 0 heterocycles. The maximum absolute atomic E-state index is 13.5. The second-order valence-corrected chi connectivity index (χ2v) is 4.00. The van der Waals surface area contributed by atoms with Gasteiger partial charge in [0.05, 0.1) is 12.8 Å². The van der Waals surface area contributed by atoms with Crippen molar-refractivity contribution in [3.05, 3.63) is 29.3 Å². The van der Waals surface area contributed by atoms with E-state index in [0.717, 1.165) is 37.8 Å². The molecule has 18 heavy (non-hydrogen) atoms. The number of nitrogens with zero attached hydrogens (tertiary/aromatic N) is 1. The van der Waals surface area contributed by atoms with Crippen LogP contribution in [-0.2, 0) is 0 Å². The van der Waals surface area contributed by atoms with Gasteiger partial charge in [-0.1, -0.05) is 26.2 Å². The van der Waals surface area contributed by atoms with Crippen molar-refractivity contribution in [1.82, 2.24) is 0 Å². The number of hydrazone groups is 1. The molecule has 0 aliphatic rings. The van der Waals surface area contributed by atoms with Gasteiger partial charge in [0, 0.05) is 5.56 Å². The van der Waals surface area contributed by atoms with E-state index in [9.17, 15) is 8.78 Å². The Morgan fingerprint density at radius 3 is 2.44 bits per heavy atom. The van der Waals surface area contributed by atoms with Crippen molar-refractivity contribution in [2.45, 2.75) is 32.6 Å². The first-order chi connectivity index (χ1) is 8.69. The Bertz CT molecular complexity index is 385. The smallest absolute Gasteiger partial charge is 0.190 e. The molecule has 0 spiro atoms. The highest BCUT2D eigenvalue weighted by molar-refractivity contribution is 5.79. The van der Waals surface area contributed by atoms with Gasteiger partial charge in [-0.3, -0.25) is 0 Å². The lowest BCUT2D eigenvalue weighted by Crippen LogP contribution is -2.03. The predicted octanol–water partition coefficient (Wildman–Crippen LogP) is 3.22. The van der Waals surface area contributed by atoms with Gasteiger partial charge in [0.25, 0.3) is 0 Å². The number of unbranched alkanes of at least 4 members (excludes halogenated alkanes) is 3. The van der Waals surface area contributed by atoms with Crippen LogP contribution in [0, 0.1) is 11.6 Å². The first-order valence-electron chi connectivity index (χ1n) is 6.04. The monoisotopic (exact) mass is 256 g/mol. The highest BCUT2D eigenvalue weighted by Gasteiger charge is 2.11. The molecule has 0 aliphatic carbocycles. The van der Waals surface area contributed by atoms with E-state index < -0.39 is 11.6 Å². The van der Waals surface area contributed by atoms with Crippen molar-refractivity contribution in [1.29, 1.82) is 0 Å². The second kappa shape index (κ2) is 7.63. The zero-order valence-electron chi connectivity index (χ0n) is 10.5. The van der Waals surface area contributed by atoms with Gasteiger partial charge in [-0.05, 0) is 18.6 Å². The van der Waals surface area contributed by atoms with Crippen molar-refractivity contribution in [3.63, 3.8) is 0 Å². The molecule has 5 heteroatoms. The number of ether oxygens (including phenoxy) is 1. The molecule has 0 saturated carbocycles. The minimum Gasteiger partial charge on any atom is -0.488 e. The van der Waals surface area contributed by atoms with E-state index in [0.29, 0.717) is 6.61 Å². The fraction of sp³-hybridized carbons (Fsp3) is 0.462. The third-order valence-electron chi connectivity index (χ3n) is 2.49. The van der Waals surface area contributed by atoms with Gasteiger partial charge >= 0.3 is 0 Å². The van der Waals surface area contributed by atoms with Crippen LogP contribution in [0.25, 0.3) is 0 Å². The zero-order chi connectivity index (χ0) is 13.4. The summed E-state index contributed by atoms with van der Waals surface area (Å²) in [5.74, 6) is 3.11. The number of benzene rings is 1. The lowest BCUT2D eigenvalue weighted by molar-refractivity contribution is 0.275. The summed E-state index contributed by atoms with van der Waals surface area (Å²) in [4.78, 5) is 0. The summed E-state index contributed by atoms with van der Waals surface area (Å²) >= 11 is 0. The molecule has 0 atom stereocenters. The standard InChI is InChI=1S/C13H18F2N2O/c1-2-3-4-5-6-18-13-11(14)7-10(9-17-16)8-12(13)15/h7-9H,2-6,16H2,1H3. The largest absolute Gasteiger partial charge is 0.488 e. The lowest BCUT2D eigenvalue weighted by atomic mass is 10.2. The summed E-state index contributed by atoms with van der Waals surface area (Å²) < 4.78 is 32.2. The first-order valence-corrected chi connectivity index (χ1v) is 6.04. The van der Waals surface area contributed by atoms with E-state index in [1.165, 1.54) is 6.21 Å². The normalized spacial score (nSPS) is 11.1. The molecule has 0 radical (unpaired) electrons. The number of hydrogen-bond acceptors (Lipinski definition) is 3. The molecule has 0 bridgehead atoms. The molecule has 0 amide bonds. The zero-order valence-corrected chi connectivity index (χ0v) is 10.5. The van der Waals surface area contributed by atoms with Gasteiger partial charge in [-0.25, -0.2) is 8.78 Å². The van der Waals surface area contributed by atoms with E-state index in [-0.39, 0.29) is 11.3 Å². The molecule has 0 saturated heterocycles. The van der Waals surface area contributed by atoms with E-state index in [1.54, 1.807) is 0 Å². The SMILES string of the molecule is CCCCCCOc1c(F)cc(C=NN)cc1F. The molecular weight excluding hydrogens is 238 g/mol. The fourth-order valence-corrected chi connectivity index (χ4v) is 1.58. The van der Waals surface area contributed by atoms with Crippen molar-refractivity contribution in [3.8, 4) is 5.75 Å². The minimum absolute atomic E-state index is 0.269. The maximum atomic E-state index is 13.5. The molecule has 0 fully saturated rings. The molecule has 1 aromatic carbocycles. The summed E-state index contributed by atoms with van der Waals surface area (Å²) in [7, 11) is 0. The Labute approximate surface area is 106 Å². The third-order valence-corrected chi connectivity index (χ3v) is 2.49. The van der Waals surface area contributed by atoms with Crippen molar-refractivity contribution < 1.29 is 13.5 Å². The average molecular weight is 256 g/mol. The number of halogens is 2. The highest BCUT2D eigenvalue weighted by Crippen LogP contribution is 2.23. The van der Waals surface area contributed by atoms with Crippen LogP contribution < -0.4 is 10.6 Å². The molecule has 1 rings (SSSR count). The van der Waals surface area contributed by atoms with E-state index in [4.69, 9.17) is 10.6 Å². The Hall–Kier alpha value is -1.65. The summed E-state index contributed by atoms with van der Waals surface area (Å²) in [6, 6.07) is 2.28. The predicted molar refractivity (Wildman–Crippen MR) is 67.8 cm³/mol. The fourth-order valence-electron chi connectivity index (χ4n) is 1.58. The summed E-state index contributed by atoms with van der Waals surface area (Å²) in [6.07, 6.45) is 5.17. The highest BCUT2D eigenvalue weighted by atomic mass is 19.1. The first kappa shape index (κ1) is 14.4. The van der Waals surface area contributed by atoms with Gasteiger partial charge in [0.2, 0.25) is 0 Å². The van der Waals surface area contributed by atoms with Gasteiger partial charge in [-0.2, -0.15) is 5.10 Å². The van der Waals surface area contributed by atoms with Crippen LogP contribution in [0.15, 0.2) is 17.2 Å². The van der Waals surface area contributed by atoms with E-state index in [1.807, 2.05) is 0 Å². The molecule has 2 N–H and O–H groups in total. The average Bonchev–Trinajstić information content (AvgIpc) is 2.32. The summed E-state index contributed by atoms with van der Waals surface area (Å²) in [6.45, 7) is 2.41. The van der Waals surface area contributed by atoms with Gasteiger partial charge < -0.3 is 10.6 Å². The van der Waals surface area contributed by atoms with Gasteiger partial charge in [0.15, 0.2) is 17.4 Å². The molecule has 100 valence electrons. The lowest BCUT2D eigenvalue weighted by Gasteiger charge is -2.08. The Kier molecular flexibility index (Phi) is 6.11. The quantitative estimate of drug-likeness (QED) is 0.352. The molecule has 1 aromatic rings. The van der Waals surface area contributed by atoms with Crippen LogP contribution in [0.2, 0.25) is 0 Å².